The van der Waals surface area contributed by atoms with Gasteiger partial charge in [-0.2, -0.15) is 0 Å². The van der Waals surface area contributed by atoms with Crippen molar-refractivity contribution in [2.24, 2.45) is 5.92 Å². The molecule has 0 amide bonds. The zero-order chi connectivity index (χ0) is 11.6. The monoisotopic (exact) mass is 225 g/mol. The third kappa shape index (κ3) is 2.43. The van der Waals surface area contributed by atoms with Crippen molar-refractivity contribution in [2.75, 3.05) is 6.61 Å². The Labute approximate surface area is 100 Å². The maximum absolute atomic E-state index is 5.72. The van der Waals surface area contributed by atoms with Gasteiger partial charge in [0.15, 0.2) is 0 Å². The first-order valence-corrected chi connectivity index (χ1v) is 7.05. The topological polar surface area (TPSA) is 21.3 Å². The lowest BCUT2D eigenvalue weighted by molar-refractivity contribution is 0.0753. The minimum atomic E-state index is 0.218. The summed E-state index contributed by atoms with van der Waals surface area (Å²) < 4.78 is 5.72. The van der Waals surface area contributed by atoms with E-state index in [9.17, 15) is 0 Å². The van der Waals surface area contributed by atoms with Crippen LogP contribution in [0.15, 0.2) is 0 Å². The summed E-state index contributed by atoms with van der Waals surface area (Å²) in [6, 6.07) is 0.730. The molecule has 1 aliphatic carbocycles. The lowest BCUT2D eigenvalue weighted by Crippen LogP contribution is -2.55. The third-order valence-electron chi connectivity index (χ3n) is 4.84. The molecule has 0 aromatic heterocycles. The van der Waals surface area contributed by atoms with E-state index in [1.165, 1.54) is 38.5 Å². The molecular formula is C14H27NO. The molecule has 1 saturated carbocycles. The highest BCUT2D eigenvalue weighted by atomic mass is 16.5. The molecule has 1 N–H and O–H groups in total. The molecule has 4 atom stereocenters. The number of nitrogens with one attached hydrogen (secondary N) is 1. The number of hydrogen-bond acceptors (Lipinski definition) is 2. The molecule has 16 heavy (non-hydrogen) atoms. The van der Waals surface area contributed by atoms with Gasteiger partial charge in [-0.05, 0) is 39.0 Å². The van der Waals surface area contributed by atoms with E-state index in [1.54, 1.807) is 0 Å². The van der Waals surface area contributed by atoms with Gasteiger partial charge in [0.1, 0.15) is 0 Å². The standard InChI is InChI=1S/C14H27NO/c1-4-12-7-5-6-8-13(12)15-14(3)9-10-16-11(14)2/h11-13,15H,4-10H2,1-3H3. The van der Waals surface area contributed by atoms with Crippen LogP contribution >= 0.6 is 0 Å². The van der Waals surface area contributed by atoms with Crippen LogP contribution in [-0.4, -0.2) is 24.3 Å². The second kappa shape index (κ2) is 5.05. The Morgan fingerprint density at radius 1 is 1.31 bits per heavy atom. The molecule has 2 nitrogen and oxygen atoms in total. The first-order valence-electron chi connectivity index (χ1n) is 7.05. The summed E-state index contributed by atoms with van der Waals surface area (Å²) in [5, 5.41) is 3.92. The molecule has 2 heteroatoms. The molecule has 2 aliphatic rings. The van der Waals surface area contributed by atoms with Crippen LogP contribution in [0.4, 0.5) is 0 Å². The van der Waals surface area contributed by atoms with Crippen LogP contribution in [0.3, 0.4) is 0 Å². The molecule has 0 aromatic carbocycles. The van der Waals surface area contributed by atoms with Crippen LogP contribution in [0.25, 0.3) is 0 Å². The van der Waals surface area contributed by atoms with Gasteiger partial charge in [-0.15, -0.1) is 0 Å². The van der Waals surface area contributed by atoms with Gasteiger partial charge in [0.25, 0.3) is 0 Å². The fourth-order valence-corrected chi connectivity index (χ4v) is 3.33. The minimum Gasteiger partial charge on any atom is -0.377 e. The largest absolute Gasteiger partial charge is 0.377 e. The Hall–Kier alpha value is -0.0800. The Kier molecular flexibility index (Phi) is 3.91. The maximum atomic E-state index is 5.72. The molecular weight excluding hydrogens is 198 g/mol. The van der Waals surface area contributed by atoms with Gasteiger partial charge in [0.05, 0.1) is 6.10 Å². The summed E-state index contributed by atoms with van der Waals surface area (Å²) in [4.78, 5) is 0. The molecule has 0 spiro atoms. The molecule has 1 aliphatic heterocycles. The summed E-state index contributed by atoms with van der Waals surface area (Å²) in [5.74, 6) is 0.887. The summed E-state index contributed by atoms with van der Waals surface area (Å²) in [6.45, 7) is 7.81. The second-order valence-corrected chi connectivity index (χ2v) is 5.88. The average molecular weight is 225 g/mol. The fraction of sp³-hybridized carbons (Fsp3) is 1.00. The van der Waals surface area contributed by atoms with Gasteiger partial charge in [-0.3, -0.25) is 0 Å². The van der Waals surface area contributed by atoms with Crippen LogP contribution in [0.5, 0.6) is 0 Å². The lowest BCUT2D eigenvalue weighted by Gasteiger charge is -2.39. The SMILES string of the molecule is CCC1CCCCC1NC1(C)CCOC1C. The normalized spacial score (nSPS) is 44.8. The summed E-state index contributed by atoms with van der Waals surface area (Å²) in [7, 11) is 0. The first kappa shape index (κ1) is 12.4. The molecule has 0 aromatic rings. The highest BCUT2D eigenvalue weighted by molar-refractivity contribution is 4.97. The number of hydrogen-bond donors (Lipinski definition) is 1. The second-order valence-electron chi connectivity index (χ2n) is 5.88. The van der Waals surface area contributed by atoms with E-state index in [4.69, 9.17) is 4.74 Å². The van der Waals surface area contributed by atoms with E-state index < -0.39 is 0 Å². The molecule has 4 unspecified atom stereocenters. The Morgan fingerprint density at radius 2 is 2.06 bits per heavy atom. The molecule has 94 valence electrons. The Bertz CT molecular complexity index is 231. The predicted molar refractivity (Wildman–Crippen MR) is 67.6 cm³/mol. The highest BCUT2D eigenvalue weighted by Crippen LogP contribution is 2.32. The van der Waals surface area contributed by atoms with Gasteiger partial charge in [-0.1, -0.05) is 26.2 Å². The van der Waals surface area contributed by atoms with Gasteiger partial charge in [0, 0.05) is 18.2 Å². The van der Waals surface area contributed by atoms with E-state index in [1.807, 2.05) is 0 Å². The van der Waals surface area contributed by atoms with Crippen molar-refractivity contribution in [1.82, 2.24) is 5.32 Å². The van der Waals surface area contributed by atoms with Crippen molar-refractivity contribution < 1.29 is 4.74 Å². The fourth-order valence-electron chi connectivity index (χ4n) is 3.33. The lowest BCUT2D eigenvalue weighted by atomic mass is 9.80. The van der Waals surface area contributed by atoms with Gasteiger partial charge < -0.3 is 10.1 Å². The van der Waals surface area contributed by atoms with Crippen LogP contribution in [0.1, 0.15) is 59.3 Å². The zero-order valence-electron chi connectivity index (χ0n) is 11.1. The van der Waals surface area contributed by atoms with Gasteiger partial charge in [0.2, 0.25) is 0 Å². The predicted octanol–water partition coefficient (Wildman–Crippen LogP) is 3.11. The van der Waals surface area contributed by atoms with Crippen molar-refractivity contribution in [3.63, 3.8) is 0 Å². The maximum Gasteiger partial charge on any atom is 0.0726 e. The molecule has 2 fully saturated rings. The molecule has 0 radical (unpaired) electrons. The van der Waals surface area contributed by atoms with Crippen molar-refractivity contribution in [2.45, 2.75) is 77.0 Å². The van der Waals surface area contributed by atoms with Crippen LogP contribution in [0.2, 0.25) is 0 Å². The Morgan fingerprint density at radius 3 is 2.69 bits per heavy atom. The molecule has 1 heterocycles. The van der Waals surface area contributed by atoms with E-state index in [-0.39, 0.29) is 5.54 Å². The quantitative estimate of drug-likeness (QED) is 0.797. The summed E-state index contributed by atoms with van der Waals surface area (Å²) in [5.41, 5.74) is 0.218. The number of ether oxygens (including phenoxy) is 1. The third-order valence-corrected chi connectivity index (χ3v) is 4.84. The van der Waals surface area contributed by atoms with E-state index in [0.29, 0.717) is 6.10 Å². The smallest absolute Gasteiger partial charge is 0.0726 e. The minimum absolute atomic E-state index is 0.218. The average Bonchev–Trinajstić information content (AvgIpc) is 2.60. The molecule has 2 rings (SSSR count). The summed E-state index contributed by atoms with van der Waals surface area (Å²) >= 11 is 0. The zero-order valence-corrected chi connectivity index (χ0v) is 11.1. The van der Waals surface area contributed by atoms with Crippen LogP contribution in [-0.2, 0) is 4.74 Å². The van der Waals surface area contributed by atoms with E-state index >= 15 is 0 Å². The first-order chi connectivity index (χ1) is 7.65. The van der Waals surface area contributed by atoms with Crippen molar-refractivity contribution >= 4 is 0 Å². The van der Waals surface area contributed by atoms with Crippen molar-refractivity contribution in [1.29, 1.82) is 0 Å². The molecule has 1 saturated heterocycles. The highest BCUT2D eigenvalue weighted by Gasteiger charge is 2.39. The summed E-state index contributed by atoms with van der Waals surface area (Å²) in [6.07, 6.45) is 8.47. The van der Waals surface area contributed by atoms with Crippen molar-refractivity contribution in [3.05, 3.63) is 0 Å². The Balaban J connectivity index is 1.96. The van der Waals surface area contributed by atoms with Gasteiger partial charge >= 0.3 is 0 Å². The van der Waals surface area contributed by atoms with E-state index in [2.05, 4.69) is 26.1 Å². The number of rotatable bonds is 3. The van der Waals surface area contributed by atoms with Crippen molar-refractivity contribution in [3.8, 4) is 0 Å². The van der Waals surface area contributed by atoms with E-state index in [0.717, 1.165) is 18.6 Å². The van der Waals surface area contributed by atoms with Crippen LogP contribution in [0, 0.1) is 5.92 Å². The van der Waals surface area contributed by atoms with Gasteiger partial charge in [-0.25, -0.2) is 0 Å². The molecule has 0 bridgehead atoms. The van der Waals surface area contributed by atoms with Crippen LogP contribution < -0.4 is 5.32 Å².